The molecule has 0 saturated carbocycles. The van der Waals surface area contributed by atoms with Crippen LogP contribution in [0, 0.1) is 0 Å². The van der Waals surface area contributed by atoms with Crippen LogP contribution in [0.5, 0.6) is 0 Å². The second-order valence-electron chi connectivity index (χ2n) is 4.77. The highest BCUT2D eigenvalue weighted by Gasteiger charge is 2.08. The van der Waals surface area contributed by atoms with Crippen molar-refractivity contribution in [3.63, 3.8) is 0 Å². The molecule has 0 spiro atoms. The van der Waals surface area contributed by atoms with Crippen molar-refractivity contribution < 1.29 is 4.79 Å². The van der Waals surface area contributed by atoms with Crippen molar-refractivity contribution >= 4 is 40.7 Å². The van der Waals surface area contributed by atoms with Crippen molar-refractivity contribution in [3.8, 4) is 11.3 Å². The number of aromatic amines is 1. The molecule has 0 atom stereocenters. The van der Waals surface area contributed by atoms with Gasteiger partial charge in [-0.3, -0.25) is 10.4 Å². The summed E-state index contributed by atoms with van der Waals surface area (Å²) < 4.78 is 0. The minimum Gasteiger partial charge on any atom is -0.308 e. The Kier molecular flexibility index (Phi) is 4.50. The van der Waals surface area contributed by atoms with Gasteiger partial charge in [0.05, 0.1) is 5.69 Å². The summed E-state index contributed by atoms with van der Waals surface area (Å²) in [6.07, 6.45) is 0. The summed E-state index contributed by atoms with van der Waals surface area (Å²) in [5.41, 5.74) is 2.29. The van der Waals surface area contributed by atoms with Crippen LogP contribution < -0.4 is 10.6 Å². The number of H-pyrrole nitrogens is 1. The molecule has 1 heterocycles. The Hall–Kier alpha value is -2.50. The maximum Gasteiger partial charge on any atom is 0.324 e. The van der Waals surface area contributed by atoms with Crippen LogP contribution in [0.1, 0.15) is 0 Å². The molecule has 2 aromatic carbocycles. The summed E-state index contributed by atoms with van der Waals surface area (Å²) in [6, 6.07) is 15.8. The number of halogens is 2. The van der Waals surface area contributed by atoms with Gasteiger partial charge in [-0.15, -0.1) is 0 Å². The minimum absolute atomic E-state index is 0.412. The molecular weight excluding hydrogens is 335 g/mol. The molecule has 0 unspecified atom stereocenters. The first-order valence-corrected chi connectivity index (χ1v) is 7.51. The molecule has 0 aliphatic heterocycles. The first kappa shape index (κ1) is 15.4. The number of anilines is 2. The van der Waals surface area contributed by atoms with Gasteiger partial charge in [0.25, 0.3) is 0 Å². The molecule has 7 heteroatoms. The molecule has 0 radical (unpaired) electrons. The van der Waals surface area contributed by atoms with Crippen LogP contribution in [0.3, 0.4) is 0 Å². The summed E-state index contributed by atoms with van der Waals surface area (Å²) in [7, 11) is 0. The van der Waals surface area contributed by atoms with Gasteiger partial charge in [-0.05, 0) is 23.8 Å². The van der Waals surface area contributed by atoms with E-state index in [1.165, 1.54) is 0 Å². The maximum absolute atomic E-state index is 12.0. The number of amides is 2. The zero-order chi connectivity index (χ0) is 16.2. The fraction of sp³-hybridized carbons (Fsp3) is 0. The smallest absolute Gasteiger partial charge is 0.308 e. The number of hydrogen-bond donors (Lipinski definition) is 3. The van der Waals surface area contributed by atoms with E-state index >= 15 is 0 Å². The van der Waals surface area contributed by atoms with Gasteiger partial charge in [-0.2, -0.15) is 5.10 Å². The van der Waals surface area contributed by atoms with E-state index in [1.54, 1.807) is 24.3 Å². The Balaban J connectivity index is 1.68. The standard InChI is InChI=1S/C16H12Cl2N4O/c17-11-6-12(18)8-13(7-11)19-16(23)20-15-9-14(21-22-15)10-4-2-1-3-5-10/h1-9H,(H3,19,20,21,22,23). The fourth-order valence-corrected chi connectivity index (χ4v) is 2.58. The van der Waals surface area contributed by atoms with E-state index in [-0.39, 0.29) is 0 Å². The van der Waals surface area contributed by atoms with Crippen LogP contribution in [0.15, 0.2) is 54.6 Å². The molecule has 2 amide bonds. The molecule has 0 aliphatic rings. The molecule has 23 heavy (non-hydrogen) atoms. The van der Waals surface area contributed by atoms with Gasteiger partial charge in [0.15, 0.2) is 5.82 Å². The molecular formula is C16H12Cl2N4O. The van der Waals surface area contributed by atoms with Gasteiger partial charge in [0.2, 0.25) is 0 Å². The van der Waals surface area contributed by atoms with Crippen LogP contribution >= 0.6 is 23.2 Å². The van der Waals surface area contributed by atoms with E-state index in [1.807, 2.05) is 30.3 Å². The van der Waals surface area contributed by atoms with Crippen molar-refractivity contribution in [2.75, 3.05) is 10.6 Å². The largest absolute Gasteiger partial charge is 0.324 e. The molecule has 5 nitrogen and oxygen atoms in total. The lowest BCUT2D eigenvalue weighted by Gasteiger charge is -2.06. The van der Waals surface area contributed by atoms with Crippen LogP contribution in [0.25, 0.3) is 11.3 Å². The Morgan fingerprint density at radius 3 is 2.35 bits per heavy atom. The Morgan fingerprint density at radius 1 is 0.957 bits per heavy atom. The van der Waals surface area contributed by atoms with Crippen molar-refractivity contribution in [1.82, 2.24) is 10.2 Å². The third kappa shape index (κ3) is 4.03. The van der Waals surface area contributed by atoms with Gasteiger partial charge in [-0.1, -0.05) is 53.5 Å². The average molecular weight is 347 g/mol. The molecule has 3 rings (SSSR count). The SMILES string of the molecule is O=C(Nc1cc(Cl)cc(Cl)c1)Nc1cc(-c2ccccc2)[nH]n1. The third-order valence-electron chi connectivity index (χ3n) is 3.02. The monoisotopic (exact) mass is 346 g/mol. The van der Waals surface area contributed by atoms with Crippen molar-refractivity contribution in [2.45, 2.75) is 0 Å². The van der Waals surface area contributed by atoms with Gasteiger partial charge >= 0.3 is 6.03 Å². The Labute approximate surface area is 142 Å². The molecule has 0 fully saturated rings. The highest BCUT2D eigenvalue weighted by Crippen LogP contribution is 2.23. The molecule has 3 N–H and O–H groups in total. The van der Waals surface area contributed by atoms with E-state index in [9.17, 15) is 4.79 Å². The summed E-state index contributed by atoms with van der Waals surface area (Å²) in [4.78, 5) is 12.0. The normalized spacial score (nSPS) is 10.3. The number of carbonyl (C=O) groups is 1. The average Bonchev–Trinajstić information content (AvgIpc) is 2.95. The highest BCUT2D eigenvalue weighted by atomic mass is 35.5. The summed E-state index contributed by atoms with van der Waals surface area (Å²) in [5, 5.41) is 13.1. The van der Waals surface area contributed by atoms with Crippen molar-refractivity contribution in [3.05, 3.63) is 64.6 Å². The lowest BCUT2D eigenvalue weighted by atomic mass is 10.2. The second-order valence-corrected chi connectivity index (χ2v) is 5.64. The van der Waals surface area contributed by atoms with Gasteiger partial charge in [-0.25, -0.2) is 4.79 Å². The minimum atomic E-state index is -0.436. The zero-order valence-electron chi connectivity index (χ0n) is 11.8. The number of rotatable bonds is 3. The first-order valence-electron chi connectivity index (χ1n) is 6.75. The van der Waals surface area contributed by atoms with E-state index in [2.05, 4.69) is 20.8 Å². The van der Waals surface area contributed by atoms with Crippen LogP contribution in [0.4, 0.5) is 16.3 Å². The number of nitrogens with zero attached hydrogens (tertiary/aromatic N) is 1. The summed E-state index contributed by atoms with van der Waals surface area (Å²) >= 11 is 11.8. The highest BCUT2D eigenvalue weighted by molar-refractivity contribution is 6.35. The summed E-state index contributed by atoms with van der Waals surface area (Å²) in [5.74, 6) is 0.412. The van der Waals surface area contributed by atoms with Gasteiger partial charge in [0.1, 0.15) is 0 Å². The Morgan fingerprint density at radius 2 is 1.65 bits per heavy atom. The predicted molar refractivity (Wildman–Crippen MR) is 93.1 cm³/mol. The number of aromatic nitrogens is 2. The molecule has 1 aromatic heterocycles. The molecule has 0 saturated heterocycles. The molecule has 0 bridgehead atoms. The quantitative estimate of drug-likeness (QED) is 0.622. The predicted octanol–water partition coefficient (Wildman–Crippen LogP) is 5.03. The van der Waals surface area contributed by atoms with Gasteiger partial charge < -0.3 is 5.32 Å². The zero-order valence-corrected chi connectivity index (χ0v) is 13.3. The number of urea groups is 1. The maximum atomic E-state index is 12.0. The number of hydrogen-bond acceptors (Lipinski definition) is 2. The Bertz CT molecular complexity index is 813. The molecule has 116 valence electrons. The second kappa shape index (κ2) is 6.73. The topological polar surface area (TPSA) is 69.8 Å². The molecule has 3 aromatic rings. The van der Waals surface area contributed by atoms with Crippen molar-refractivity contribution in [2.24, 2.45) is 0 Å². The lowest BCUT2D eigenvalue weighted by Crippen LogP contribution is -2.19. The van der Waals surface area contributed by atoms with E-state index in [0.717, 1.165) is 11.3 Å². The van der Waals surface area contributed by atoms with Crippen LogP contribution in [0.2, 0.25) is 10.0 Å². The number of benzene rings is 2. The van der Waals surface area contributed by atoms with E-state index in [4.69, 9.17) is 23.2 Å². The third-order valence-corrected chi connectivity index (χ3v) is 3.46. The fourth-order valence-electron chi connectivity index (χ4n) is 2.06. The van der Waals surface area contributed by atoms with Crippen LogP contribution in [-0.4, -0.2) is 16.2 Å². The first-order chi connectivity index (χ1) is 11.1. The number of carbonyl (C=O) groups excluding carboxylic acids is 1. The molecule has 0 aliphatic carbocycles. The lowest BCUT2D eigenvalue weighted by molar-refractivity contribution is 0.262. The van der Waals surface area contributed by atoms with Crippen LogP contribution in [-0.2, 0) is 0 Å². The van der Waals surface area contributed by atoms with E-state index < -0.39 is 6.03 Å². The summed E-state index contributed by atoms with van der Waals surface area (Å²) in [6.45, 7) is 0. The van der Waals surface area contributed by atoms with E-state index in [0.29, 0.717) is 21.6 Å². The number of nitrogens with one attached hydrogen (secondary N) is 3. The van der Waals surface area contributed by atoms with Gasteiger partial charge in [0, 0.05) is 21.8 Å². The van der Waals surface area contributed by atoms with Crippen molar-refractivity contribution in [1.29, 1.82) is 0 Å².